The van der Waals surface area contributed by atoms with E-state index in [1.54, 1.807) is 12.2 Å². The van der Waals surface area contributed by atoms with E-state index < -0.39 is 0 Å². The first-order valence-corrected chi connectivity index (χ1v) is 12.5. The molecule has 184 valence electrons. The summed E-state index contributed by atoms with van der Waals surface area (Å²) in [6.45, 7) is 14.1. The molecule has 0 aliphatic carbocycles. The fourth-order valence-corrected chi connectivity index (χ4v) is 3.10. The molecular weight excluding hydrogens is 408 g/mol. The van der Waals surface area contributed by atoms with Gasteiger partial charge in [0, 0.05) is 12.5 Å². The third-order valence-electron chi connectivity index (χ3n) is 4.54. The van der Waals surface area contributed by atoms with Crippen LogP contribution in [0.4, 0.5) is 0 Å². The monoisotopic (exact) mass is 454 g/mol. The zero-order valence-electron chi connectivity index (χ0n) is 21.6. The summed E-state index contributed by atoms with van der Waals surface area (Å²) in [7, 11) is 0. The molecule has 0 N–H and O–H groups in total. The van der Waals surface area contributed by atoms with Crippen LogP contribution in [0.1, 0.15) is 91.5 Å². The number of rotatable bonds is 15. The van der Waals surface area contributed by atoms with Gasteiger partial charge in [-0.2, -0.15) is 0 Å². The maximum absolute atomic E-state index is 12.1. The molecule has 1 aromatic rings. The summed E-state index contributed by atoms with van der Waals surface area (Å²) in [4.78, 5) is 12.1. The molecule has 1 aromatic carbocycles. The third-order valence-corrected chi connectivity index (χ3v) is 4.54. The highest BCUT2D eigenvalue weighted by atomic mass is 16.5. The fraction of sp³-hybridized carbons (Fsp3) is 0.500. The highest BCUT2D eigenvalue weighted by molar-refractivity contribution is 5.87. The molecule has 0 aliphatic rings. The van der Waals surface area contributed by atoms with Crippen LogP contribution in [-0.2, 0) is 14.3 Å². The Balaban J connectivity index is 0.00000126. The Morgan fingerprint density at radius 1 is 0.909 bits per heavy atom. The van der Waals surface area contributed by atoms with Crippen molar-refractivity contribution in [2.75, 3.05) is 0 Å². The molecule has 0 spiro atoms. The topological polar surface area (TPSA) is 35.5 Å². The average molecular weight is 455 g/mol. The molecule has 0 heterocycles. The molecule has 0 saturated heterocycles. The van der Waals surface area contributed by atoms with E-state index in [1.807, 2.05) is 76.3 Å². The van der Waals surface area contributed by atoms with E-state index in [0.29, 0.717) is 18.0 Å². The zero-order chi connectivity index (χ0) is 24.7. The standard InChI is InChI=1S/C24H32O2.C6H14O/c1-3-5-7-8-9-10-15-19-23(18-12-6-4-2)26-24(25)21-20-22-16-13-11-14-17-22;1-5(2)7-6(3)4/h4,6,11-14,16-18,20-21H,2-3,5,7-10,15,19H2,1H3;5-6H,1-4H3. The number of benzene rings is 1. The lowest BCUT2D eigenvalue weighted by Crippen LogP contribution is -2.09. The number of hydrogen-bond donors (Lipinski definition) is 0. The van der Waals surface area contributed by atoms with Gasteiger partial charge in [-0.05, 0) is 51.8 Å². The summed E-state index contributed by atoms with van der Waals surface area (Å²) in [5.74, 6) is 0.370. The van der Waals surface area contributed by atoms with E-state index in [1.165, 1.54) is 44.6 Å². The third kappa shape index (κ3) is 21.2. The summed E-state index contributed by atoms with van der Waals surface area (Å²) in [5.41, 5.74) is 0.980. The molecule has 0 aliphatic heterocycles. The number of esters is 1. The molecule has 3 nitrogen and oxygen atoms in total. The lowest BCUT2D eigenvalue weighted by atomic mass is 10.1. The zero-order valence-corrected chi connectivity index (χ0v) is 21.6. The average Bonchev–Trinajstić information content (AvgIpc) is 2.77. The lowest BCUT2D eigenvalue weighted by molar-refractivity contribution is -0.133. The summed E-state index contributed by atoms with van der Waals surface area (Å²) >= 11 is 0. The molecule has 0 fully saturated rings. The van der Waals surface area contributed by atoms with Crippen molar-refractivity contribution >= 4 is 12.0 Å². The van der Waals surface area contributed by atoms with E-state index in [2.05, 4.69) is 13.5 Å². The number of carbonyl (C=O) groups is 1. The van der Waals surface area contributed by atoms with Crippen molar-refractivity contribution in [1.29, 1.82) is 0 Å². The van der Waals surface area contributed by atoms with E-state index in [-0.39, 0.29) is 5.97 Å². The van der Waals surface area contributed by atoms with Gasteiger partial charge in [0.05, 0.1) is 12.2 Å². The van der Waals surface area contributed by atoms with Crippen LogP contribution in [0.2, 0.25) is 0 Å². The number of hydrogen-bond acceptors (Lipinski definition) is 3. The summed E-state index contributed by atoms with van der Waals surface area (Å²) in [6, 6.07) is 9.73. The largest absolute Gasteiger partial charge is 0.428 e. The number of carbonyl (C=O) groups excluding carboxylic acids is 1. The van der Waals surface area contributed by atoms with Crippen molar-refractivity contribution in [3.63, 3.8) is 0 Å². The van der Waals surface area contributed by atoms with Gasteiger partial charge in [0.2, 0.25) is 0 Å². The summed E-state index contributed by atoms with van der Waals surface area (Å²) < 4.78 is 10.8. The maximum Gasteiger partial charge on any atom is 0.335 e. The van der Waals surface area contributed by atoms with E-state index >= 15 is 0 Å². The van der Waals surface area contributed by atoms with Gasteiger partial charge in [0.25, 0.3) is 0 Å². The van der Waals surface area contributed by atoms with Gasteiger partial charge in [-0.1, -0.05) is 101 Å². The first-order valence-electron chi connectivity index (χ1n) is 12.5. The molecule has 0 atom stereocenters. The maximum atomic E-state index is 12.1. The van der Waals surface area contributed by atoms with Gasteiger partial charge < -0.3 is 9.47 Å². The molecule has 0 bridgehead atoms. The minimum absolute atomic E-state index is 0.338. The van der Waals surface area contributed by atoms with Gasteiger partial charge in [0.1, 0.15) is 5.76 Å². The van der Waals surface area contributed by atoms with Gasteiger partial charge in [0.15, 0.2) is 0 Å². The predicted molar refractivity (Wildman–Crippen MR) is 143 cm³/mol. The molecule has 33 heavy (non-hydrogen) atoms. The van der Waals surface area contributed by atoms with Crippen LogP contribution < -0.4 is 0 Å². The number of ether oxygens (including phenoxy) is 2. The summed E-state index contributed by atoms with van der Waals surface area (Å²) in [6.07, 6.45) is 20.7. The van der Waals surface area contributed by atoms with Gasteiger partial charge in [-0.15, -0.1) is 0 Å². The van der Waals surface area contributed by atoms with Crippen molar-refractivity contribution < 1.29 is 14.3 Å². The van der Waals surface area contributed by atoms with Crippen LogP contribution in [0.5, 0.6) is 0 Å². The van der Waals surface area contributed by atoms with Gasteiger partial charge >= 0.3 is 5.97 Å². The Hall–Kier alpha value is -2.39. The SMILES string of the molecule is C=CC=CC=C(CCCCCCCCC)OC(=O)C=Cc1ccccc1.CC(C)OC(C)C. The van der Waals surface area contributed by atoms with E-state index in [4.69, 9.17) is 9.47 Å². The normalized spacial score (nSPS) is 11.8. The van der Waals surface area contributed by atoms with Gasteiger partial charge in [-0.25, -0.2) is 4.79 Å². The Morgan fingerprint density at radius 2 is 1.52 bits per heavy atom. The smallest absolute Gasteiger partial charge is 0.335 e. The van der Waals surface area contributed by atoms with Crippen molar-refractivity contribution in [3.05, 3.63) is 78.6 Å². The molecular formula is C30H46O3. The molecule has 0 radical (unpaired) electrons. The molecule has 0 amide bonds. The number of allylic oxidation sites excluding steroid dienone is 5. The molecule has 0 saturated carbocycles. The number of unbranched alkanes of at least 4 members (excludes halogenated alkanes) is 6. The van der Waals surface area contributed by atoms with Crippen LogP contribution in [0.25, 0.3) is 6.08 Å². The van der Waals surface area contributed by atoms with Crippen LogP contribution in [-0.4, -0.2) is 18.2 Å². The van der Waals surface area contributed by atoms with Crippen molar-refractivity contribution in [1.82, 2.24) is 0 Å². The quantitative estimate of drug-likeness (QED) is 0.0873. The van der Waals surface area contributed by atoms with Gasteiger partial charge in [-0.3, -0.25) is 0 Å². The Morgan fingerprint density at radius 3 is 2.06 bits per heavy atom. The lowest BCUT2D eigenvalue weighted by Gasteiger charge is -2.09. The Bertz CT molecular complexity index is 691. The second-order valence-corrected chi connectivity index (χ2v) is 8.52. The predicted octanol–water partition coefficient (Wildman–Crippen LogP) is 8.83. The van der Waals surface area contributed by atoms with Crippen LogP contribution in [0, 0.1) is 0 Å². The highest BCUT2D eigenvalue weighted by Gasteiger charge is 2.04. The first kappa shape index (κ1) is 30.6. The first-order chi connectivity index (χ1) is 15.9. The summed E-state index contributed by atoms with van der Waals surface area (Å²) in [5, 5.41) is 0. The Labute approximate surface area is 203 Å². The fourth-order valence-electron chi connectivity index (χ4n) is 3.10. The molecule has 1 rings (SSSR count). The van der Waals surface area contributed by atoms with Crippen molar-refractivity contribution in [3.8, 4) is 0 Å². The van der Waals surface area contributed by atoms with E-state index in [0.717, 1.165) is 18.4 Å². The highest BCUT2D eigenvalue weighted by Crippen LogP contribution is 2.14. The molecule has 0 unspecified atom stereocenters. The van der Waals surface area contributed by atoms with Crippen molar-refractivity contribution in [2.45, 2.75) is 98.2 Å². The van der Waals surface area contributed by atoms with Crippen LogP contribution in [0.3, 0.4) is 0 Å². The van der Waals surface area contributed by atoms with Crippen LogP contribution in [0.15, 0.2) is 73.1 Å². The Kier molecular flexibility index (Phi) is 19.9. The van der Waals surface area contributed by atoms with Crippen molar-refractivity contribution in [2.24, 2.45) is 0 Å². The minimum Gasteiger partial charge on any atom is -0.428 e. The van der Waals surface area contributed by atoms with E-state index in [9.17, 15) is 4.79 Å². The van der Waals surface area contributed by atoms with Crippen LogP contribution >= 0.6 is 0 Å². The second-order valence-electron chi connectivity index (χ2n) is 8.52. The minimum atomic E-state index is -0.338. The molecule has 0 aromatic heterocycles. The second kappa shape index (κ2) is 21.5. The molecule has 3 heteroatoms.